The zero-order valence-corrected chi connectivity index (χ0v) is 6.90. The molecule has 0 aromatic heterocycles. The molecule has 0 bridgehead atoms. The lowest BCUT2D eigenvalue weighted by atomic mass is 10.2. The highest BCUT2D eigenvalue weighted by atomic mass is 32.2. The van der Waals surface area contributed by atoms with Gasteiger partial charge in [0.1, 0.15) is 6.29 Å². The first-order valence-electron chi connectivity index (χ1n) is 3.09. The first kappa shape index (κ1) is 9.49. The Morgan fingerprint density at radius 1 is 1.80 bits per heavy atom. The number of amides is 1. The van der Waals surface area contributed by atoms with Crippen LogP contribution >= 0.6 is 11.9 Å². The topological polar surface area (TPSA) is 46.2 Å². The summed E-state index contributed by atoms with van der Waals surface area (Å²) in [6, 6.07) is 0. The molecule has 1 N–H and O–H groups in total. The minimum absolute atomic E-state index is 0.221. The van der Waals surface area contributed by atoms with Crippen LogP contribution in [0.25, 0.3) is 0 Å². The summed E-state index contributed by atoms with van der Waals surface area (Å²) < 4.78 is 2.53. The molecule has 0 rings (SSSR count). The van der Waals surface area contributed by atoms with Crippen LogP contribution < -0.4 is 4.72 Å². The van der Waals surface area contributed by atoms with Crippen LogP contribution in [-0.4, -0.2) is 17.9 Å². The quantitative estimate of drug-likeness (QED) is 0.373. The van der Waals surface area contributed by atoms with E-state index in [0.717, 1.165) is 5.75 Å². The fourth-order valence-electron chi connectivity index (χ4n) is 0.298. The second-order valence-corrected chi connectivity index (χ2v) is 2.89. The summed E-state index contributed by atoms with van der Waals surface area (Å²) in [6.45, 7) is 3.50. The minimum Gasteiger partial charge on any atom is -0.303 e. The first-order valence-corrected chi connectivity index (χ1v) is 4.07. The second-order valence-electron chi connectivity index (χ2n) is 1.82. The lowest BCUT2D eigenvalue weighted by Gasteiger charge is -2.02. The van der Waals surface area contributed by atoms with Crippen LogP contribution in [0.2, 0.25) is 0 Å². The van der Waals surface area contributed by atoms with E-state index in [9.17, 15) is 9.59 Å². The predicted molar refractivity (Wildman–Crippen MR) is 41.5 cm³/mol. The van der Waals surface area contributed by atoms with Crippen LogP contribution in [0.3, 0.4) is 0 Å². The van der Waals surface area contributed by atoms with Gasteiger partial charge in [-0.15, -0.1) is 0 Å². The highest BCUT2D eigenvalue weighted by molar-refractivity contribution is 7.97. The van der Waals surface area contributed by atoms with Crippen LogP contribution in [0.5, 0.6) is 0 Å². The zero-order valence-electron chi connectivity index (χ0n) is 6.09. The summed E-state index contributed by atoms with van der Waals surface area (Å²) in [5.41, 5.74) is 0. The Hall–Kier alpha value is -0.510. The molecule has 4 heteroatoms. The fourth-order valence-corrected chi connectivity index (χ4v) is 0.771. The summed E-state index contributed by atoms with van der Waals surface area (Å²) in [5.74, 6) is 0.0676. The number of carbonyl (C=O) groups excluding carboxylic acids is 2. The molecule has 58 valence electrons. The third-order valence-corrected chi connectivity index (χ3v) is 1.57. The smallest absolute Gasteiger partial charge is 0.239 e. The number of hydrogen-bond donors (Lipinski definition) is 1. The van der Waals surface area contributed by atoms with E-state index < -0.39 is 5.92 Å². The molecule has 0 fully saturated rings. The molecule has 0 saturated carbocycles. The van der Waals surface area contributed by atoms with Gasteiger partial charge in [0.15, 0.2) is 0 Å². The molecule has 0 aliphatic carbocycles. The Kier molecular flexibility index (Phi) is 5.02. The summed E-state index contributed by atoms with van der Waals surface area (Å²) in [6.07, 6.45) is 0.631. The summed E-state index contributed by atoms with van der Waals surface area (Å²) in [7, 11) is 0. The van der Waals surface area contributed by atoms with Gasteiger partial charge in [-0.05, 0) is 6.92 Å². The first-order chi connectivity index (χ1) is 4.72. The largest absolute Gasteiger partial charge is 0.303 e. The molecule has 0 saturated heterocycles. The molecule has 10 heavy (non-hydrogen) atoms. The molecule has 1 atom stereocenters. The normalized spacial score (nSPS) is 12.2. The zero-order chi connectivity index (χ0) is 7.98. The minimum atomic E-state index is -0.529. The molecule has 0 aromatic rings. The van der Waals surface area contributed by atoms with Crippen molar-refractivity contribution < 1.29 is 9.59 Å². The summed E-state index contributed by atoms with van der Waals surface area (Å²) in [5, 5.41) is 0. The Morgan fingerprint density at radius 3 is 2.80 bits per heavy atom. The Bertz CT molecular complexity index is 127. The highest BCUT2D eigenvalue weighted by Gasteiger charge is 2.09. The van der Waals surface area contributed by atoms with E-state index in [-0.39, 0.29) is 5.91 Å². The van der Waals surface area contributed by atoms with E-state index in [1.807, 2.05) is 6.92 Å². The molecule has 0 heterocycles. The van der Waals surface area contributed by atoms with Gasteiger partial charge in [0.05, 0.1) is 5.92 Å². The van der Waals surface area contributed by atoms with Crippen LogP contribution in [0, 0.1) is 5.92 Å². The van der Waals surface area contributed by atoms with Crippen molar-refractivity contribution in [1.29, 1.82) is 0 Å². The molecule has 0 aliphatic rings. The maximum atomic E-state index is 10.8. The third-order valence-electron chi connectivity index (χ3n) is 0.935. The van der Waals surface area contributed by atoms with Gasteiger partial charge < -0.3 is 4.79 Å². The van der Waals surface area contributed by atoms with E-state index in [2.05, 4.69) is 4.72 Å². The Labute approximate surface area is 64.7 Å². The lowest BCUT2D eigenvalue weighted by molar-refractivity contribution is -0.126. The van der Waals surface area contributed by atoms with Crippen LogP contribution in [-0.2, 0) is 9.59 Å². The van der Waals surface area contributed by atoms with Gasteiger partial charge in [-0.2, -0.15) is 0 Å². The van der Waals surface area contributed by atoms with Crippen molar-refractivity contribution >= 4 is 24.1 Å². The van der Waals surface area contributed by atoms with Crippen LogP contribution in [0.15, 0.2) is 0 Å². The molecule has 0 radical (unpaired) electrons. The molecule has 0 aromatic carbocycles. The van der Waals surface area contributed by atoms with E-state index in [1.54, 1.807) is 6.92 Å². The SMILES string of the molecule is CCSNC(=O)C(C)C=O. The molecular weight excluding hydrogens is 150 g/mol. The predicted octanol–water partition coefficient (Wildman–Crippen LogP) is 0.606. The van der Waals surface area contributed by atoms with Gasteiger partial charge in [0.2, 0.25) is 5.91 Å². The number of aldehydes is 1. The van der Waals surface area contributed by atoms with Crippen molar-refractivity contribution in [2.45, 2.75) is 13.8 Å². The van der Waals surface area contributed by atoms with E-state index >= 15 is 0 Å². The maximum Gasteiger partial charge on any atom is 0.239 e. The molecule has 1 amide bonds. The van der Waals surface area contributed by atoms with Gasteiger partial charge in [-0.1, -0.05) is 18.9 Å². The standard InChI is InChI=1S/C6H11NO2S/c1-3-10-7-6(9)5(2)4-8/h4-5H,3H2,1-2H3,(H,7,9). The Morgan fingerprint density at radius 2 is 2.40 bits per heavy atom. The summed E-state index contributed by atoms with van der Waals surface area (Å²) >= 11 is 1.30. The average molecular weight is 161 g/mol. The Balaban J connectivity index is 3.51. The third kappa shape index (κ3) is 3.50. The van der Waals surface area contributed by atoms with Gasteiger partial charge in [-0.3, -0.25) is 9.52 Å². The summed E-state index contributed by atoms with van der Waals surface area (Å²) in [4.78, 5) is 20.8. The van der Waals surface area contributed by atoms with Crippen LogP contribution in [0.1, 0.15) is 13.8 Å². The van der Waals surface area contributed by atoms with Crippen molar-refractivity contribution in [3.05, 3.63) is 0 Å². The van der Waals surface area contributed by atoms with Crippen molar-refractivity contribution in [1.82, 2.24) is 4.72 Å². The number of hydrogen-bond acceptors (Lipinski definition) is 3. The molecule has 0 spiro atoms. The number of nitrogens with one attached hydrogen (secondary N) is 1. The molecule has 0 aliphatic heterocycles. The van der Waals surface area contributed by atoms with Crippen molar-refractivity contribution in [2.24, 2.45) is 5.92 Å². The number of carbonyl (C=O) groups is 2. The number of rotatable bonds is 4. The lowest BCUT2D eigenvalue weighted by Crippen LogP contribution is -2.24. The monoisotopic (exact) mass is 161 g/mol. The molecular formula is C6H11NO2S. The van der Waals surface area contributed by atoms with Gasteiger partial charge in [0, 0.05) is 5.75 Å². The van der Waals surface area contributed by atoms with Crippen LogP contribution in [0.4, 0.5) is 0 Å². The fraction of sp³-hybridized carbons (Fsp3) is 0.667. The average Bonchev–Trinajstić information content (AvgIpc) is 1.98. The van der Waals surface area contributed by atoms with E-state index in [0.29, 0.717) is 6.29 Å². The molecule has 1 unspecified atom stereocenters. The second kappa shape index (κ2) is 5.29. The van der Waals surface area contributed by atoms with Gasteiger partial charge >= 0.3 is 0 Å². The van der Waals surface area contributed by atoms with Gasteiger partial charge in [-0.25, -0.2) is 0 Å². The van der Waals surface area contributed by atoms with E-state index in [1.165, 1.54) is 11.9 Å². The van der Waals surface area contributed by atoms with Crippen molar-refractivity contribution in [2.75, 3.05) is 5.75 Å². The van der Waals surface area contributed by atoms with E-state index in [4.69, 9.17) is 0 Å². The highest BCUT2D eigenvalue weighted by Crippen LogP contribution is 1.95. The maximum absolute atomic E-state index is 10.8. The van der Waals surface area contributed by atoms with Crippen molar-refractivity contribution in [3.63, 3.8) is 0 Å². The van der Waals surface area contributed by atoms with Gasteiger partial charge in [0.25, 0.3) is 0 Å². The molecule has 3 nitrogen and oxygen atoms in total. The van der Waals surface area contributed by atoms with Crippen molar-refractivity contribution in [3.8, 4) is 0 Å².